The first-order valence-electron chi connectivity index (χ1n) is 8.43. The summed E-state index contributed by atoms with van der Waals surface area (Å²) < 4.78 is 0. The Kier molecular flexibility index (Phi) is 9.44. The van der Waals surface area contributed by atoms with Gasteiger partial charge in [-0.05, 0) is 6.42 Å². The van der Waals surface area contributed by atoms with E-state index in [9.17, 15) is 10.2 Å². The van der Waals surface area contributed by atoms with Gasteiger partial charge in [0, 0.05) is 6.04 Å². The molecule has 1 saturated heterocycles. The van der Waals surface area contributed by atoms with E-state index < -0.39 is 12.2 Å². The highest BCUT2D eigenvalue weighted by Crippen LogP contribution is 2.19. The number of nitrogens with one attached hydrogen (secondary N) is 1. The maximum atomic E-state index is 9.86. The van der Waals surface area contributed by atoms with Gasteiger partial charge in [-0.15, -0.1) is 0 Å². The summed E-state index contributed by atoms with van der Waals surface area (Å²) in [4.78, 5) is 0. The molecule has 0 amide bonds. The molecule has 0 bridgehead atoms. The number of hydrogen-bond donors (Lipinski definition) is 4. The maximum absolute atomic E-state index is 9.86. The zero-order chi connectivity index (χ0) is 14.8. The van der Waals surface area contributed by atoms with Crippen LogP contribution in [0.15, 0.2) is 0 Å². The first-order chi connectivity index (χ1) is 9.70. The molecule has 1 aliphatic heterocycles. The smallest absolute Gasteiger partial charge is 0.0989 e. The minimum absolute atomic E-state index is 0.0632. The Morgan fingerprint density at radius 1 is 0.750 bits per heavy atom. The fourth-order valence-corrected chi connectivity index (χ4v) is 3.04. The number of unbranched alkanes of at least 4 members (excludes halogenated alkanes) is 8. The highest BCUT2D eigenvalue weighted by molar-refractivity contribution is 4.97. The summed E-state index contributed by atoms with van der Waals surface area (Å²) >= 11 is 0. The Balaban J connectivity index is 1.96. The van der Waals surface area contributed by atoms with E-state index in [1.165, 1.54) is 51.4 Å². The number of aliphatic hydroxyl groups is 3. The van der Waals surface area contributed by atoms with Gasteiger partial charge in [-0.2, -0.15) is 0 Å². The van der Waals surface area contributed by atoms with Crippen LogP contribution in [0.4, 0.5) is 0 Å². The predicted octanol–water partition coefficient (Wildman–Crippen LogP) is 1.96. The van der Waals surface area contributed by atoms with Crippen LogP contribution in [0.25, 0.3) is 0 Å². The fraction of sp³-hybridized carbons (Fsp3) is 1.00. The van der Waals surface area contributed by atoms with E-state index in [0.717, 1.165) is 12.8 Å². The van der Waals surface area contributed by atoms with Crippen LogP contribution in [-0.4, -0.2) is 46.2 Å². The molecule has 0 spiro atoms. The predicted molar refractivity (Wildman–Crippen MR) is 81.7 cm³/mol. The van der Waals surface area contributed by atoms with Crippen molar-refractivity contribution in [1.82, 2.24) is 5.32 Å². The molecule has 1 fully saturated rings. The van der Waals surface area contributed by atoms with Crippen molar-refractivity contribution in [2.24, 2.45) is 0 Å². The molecule has 1 heterocycles. The topological polar surface area (TPSA) is 72.7 Å². The third-order valence-electron chi connectivity index (χ3n) is 4.42. The van der Waals surface area contributed by atoms with Crippen LogP contribution in [0.1, 0.15) is 71.1 Å². The van der Waals surface area contributed by atoms with Crippen LogP contribution < -0.4 is 5.32 Å². The van der Waals surface area contributed by atoms with Crippen molar-refractivity contribution in [3.05, 3.63) is 0 Å². The molecule has 0 saturated carbocycles. The molecule has 0 radical (unpaired) electrons. The SMILES string of the molecule is CCCCCCCCCCC[C@H]1N[C@H](CO)[C@@H](O)[C@@H]1O. The molecule has 0 aromatic rings. The summed E-state index contributed by atoms with van der Waals surface area (Å²) in [5.74, 6) is 0. The molecule has 4 atom stereocenters. The summed E-state index contributed by atoms with van der Waals surface area (Å²) in [5, 5.41) is 31.7. The zero-order valence-electron chi connectivity index (χ0n) is 12.9. The monoisotopic (exact) mass is 287 g/mol. The molecular formula is C16H33NO3. The zero-order valence-corrected chi connectivity index (χ0v) is 12.9. The Hall–Kier alpha value is -0.160. The van der Waals surface area contributed by atoms with Gasteiger partial charge < -0.3 is 20.6 Å². The van der Waals surface area contributed by atoms with Gasteiger partial charge in [-0.3, -0.25) is 0 Å². The van der Waals surface area contributed by atoms with Crippen LogP contribution in [0.3, 0.4) is 0 Å². The average molecular weight is 287 g/mol. The summed E-state index contributed by atoms with van der Waals surface area (Å²) in [6.07, 6.45) is 10.9. The molecule has 1 aliphatic rings. The Morgan fingerprint density at radius 2 is 1.25 bits per heavy atom. The lowest BCUT2D eigenvalue weighted by atomic mass is 10.0. The molecule has 0 aromatic heterocycles. The lowest BCUT2D eigenvalue weighted by Crippen LogP contribution is -2.36. The van der Waals surface area contributed by atoms with Crippen LogP contribution in [0, 0.1) is 0 Å². The van der Waals surface area contributed by atoms with Gasteiger partial charge in [0.1, 0.15) is 0 Å². The van der Waals surface area contributed by atoms with Crippen molar-refractivity contribution in [2.45, 2.75) is 95.4 Å². The third kappa shape index (κ3) is 6.08. The van der Waals surface area contributed by atoms with E-state index in [1.807, 2.05) is 0 Å². The van der Waals surface area contributed by atoms with Gasteiger partial charge in [0.25, 0.3) is 0 Å². The average Bonchev–Trinajstić information content (AvgIpc) is 2.73. The van der Waals surface area contributed by atoms with E-state index in [-0.39, 0.29) is 18.7 Å². The highest BCUT2D eigenvalue weighted by atomic mass is 16.3. The van der Waals surface area contributed by atoms with E-state index in [1.54, 1.807) is 0 Å². The molecule has 4 heteroatoms. The minimum Gasteiger partial charge on any atom is -0.395 e. The molecule has 4 N–H and O–H groups in total. The molecule has 0 aliphatic carbocycles. The van der Waals surface area contributed by atoms with Crippen LogP contribution in [-0.2, 0) is 0 Å². The fourth-order valence-electron chi connectivity index (χ4n) is 3.04. The first-order valence-corrected chi connectivity index (χ1v) is 8.43. The third-order valence-corrected chi connectivity index (χ3v) is 4.42. The van der Waals surface area contributed by atoms with Crippen molar-refractivity contribution in [1.29, 1.82) is 0 Å². The van der Waals surface area contributed by atoms with Crippen molar-refractivity contribution in [2.75, 3.05) is 6.61 Å². The van der Waals surface area contributed by atoms with Gasteiger partial charge in [0.15, 0.2) is 0 Å². The summed E-state index contributed by atoms with van der Waals surface area (Å²) in [5.41, 5.74) is 0. The van der Waals surface area contributed by atoms with Gasteiger partial charge in [0.2, 0.25) is 0 Å². The lowest BCUT2D eigenvalue weighted by molar-refractivity contribution is 0.0186. The van der Waals surface area contributed by atoms with E-state index >= 15 is 0 Å². The Bertz CT molecular complexity index is 238. The molecule has 0 unspecified atom stereocenters. The summed E-state index contributed by atoms with van der Waals surface area (Å²) in [6.45, 7) is 2.12. The van der Waals surface area contributed by atoms with Crippen LogP contribution >= 0.6 is 0 Å². The second kappa shape index (κ2) is 10.6. The summed E-state index contributed by atoms with van der Waals surface area (Å²) in [7, 11) is 0. The first kappa shape index (κ1) is 17.9. The summed E-state index contributed by atoms with van der Waals surface area (Å²) in [6, 6.07) is -0.430. The largest absolute Gasteiger partial charge is 0.395 e. The molecule has 0 aromatic carbocycles. The number of rotatable bonds is 11. The molecule has 20 heavy (non-hydrogen) atoms. The van der Waals surface area contributed by atoms with Crippen molar-refractivity contribution < 1.29 is 15.3 Å². The number of aliphatic hydroxyl groups excluding tert-OH is 3. The highest BCUT2D eigenvalue weighted by Gasteiger charge is 2.39. The van der Waals surface area contributed by atoms with E-state index in [2.05, 4.69) is 12.2 Å². The van der Waals surface area contributed by atoms with Crippen molar-refractivity contribution in [3.63, 3.8) is 0 Å². The number of hydrogen-bond acceptors (Lipinski definition) is 4. The second-order valence-corrected chi connectivity index (χ2v) is 6.16. The normalized spacial score (nSPS) is 30.0. The molecular weight excluding hydrogens is 254 g/mol. The van der Waals surface area contributed by atoms with Gasteiger partial charge in [0.05, 0.1) is 24.9 Å². The van der Waals surface area contributed by atoms with Crippen molar-refractivity contribution in [3.8, 4) is 0 Å². The second-order valence-electron chi connectivity index (χ2n) is 6.16. The van der Waals surface area contributed by atoms with E-state index in [4.69, 9.17) is 5.11 Å². The van der Waals surface area contributed by atoms with Crippen molar-refractivity contribution >= 4 is 0 Å². The van der Waals surface area contributed by atoms with Gasteiger partial charge in [-0.25, -0.2) is 0 Å². The molecule has 1 rings (SSSR count). The van der Waals surface area contributed by atoms with Gasteiger partial charge >= 0.3 is 0 Å². The Morgan fingerprint density at radius 3 is 1.75 bits per heavy atom. The minimum atomic E-state index is -0.830. The van der Waals surface area contributed by atoms with Crippen LogP contribution in [0.2, 0.25) is 0 Å². The molecule has 120 valence electrons. The Labute approximate surface area is 123 Å². The quantitative estimate of drug-likeness (QED) is 0.438. The maximum Gasteiger partial charge on any atom is 0.0989 e. The standard InChI is InChI=1S/C16H33NO3/c1-2-3-4-5-6-7-8-9-10-11-13-15(19)16(20)14(12-18)17-13/h13-20H,2-12H2,1H3/t13-,14-,15-,16-/m1/s1. The van der Waals surface area contributed by atoms with Gasteiger partial charge in [-0.1, -0.05) is 64.7 Å². The van der Waals surface area contributed by atoms with E-state index in [0.29, 0.717) is 0 Å². The lowest BCUT2D eigenvalue weighted by Gasteiger charge is -2.15. The van der Waals surface area contributed by atoms with Crippen LogP contribution in [0.5, 0.6) is 0 Å². The molecule has 4 nitrogen and oxygen atoms in total.